The van der Waals surface area contributed by atoms with Crippen LogP contribution in [0.3, 0.4) is 0 Å². The number of amides is 1. The second-order valence-corrected chi connectivity index (χ2v) is 5.88. The summed E-state index contributed by atoms with van der Waals surface area (Å²) in [5.74, 6) is 0.495. The molecular formula is C20H27ClN2O2. The number of carbonyl (C=O) groups excluding carboxylic acids is 1. The highest BCUT2D eigenvalue weighted by Gasteiger charge is 2.13. The Kier molecular flexibility index (Phi) is 9.03. The summed E-state index contributed by atoms with van der Waals surface area (Å²) in [7, 11) is 0. The van der Waals surface area contributed by atoms with Crippen molar-refractivity contribution in [2.24, 2.45) is 0 Å². The third-order valence-corrected chi connectivity index (χ3v) is 3.90. The van der Waals surface area contributed by atoms with Crippen molar-refractivity contribution in [1.82, 2.24) is 10.6 Å². The Morgan fingerprint density at radius 2 is 1.80 bits per heavy atom. The number of carbonyl (C=O) groups is 1. The quantitative estimate of drug-likeness (QED) is 0.752. The summed E-state index contributed by atoms with van der Waals surface area (Å²) in [5.41, 5.74) is 2.86. The molecule has 0 heterocycles. The van der Waals surface area contributed by atoms with Crippen molar-refractivity contribution in [2.45, 2.75) is 33.4 Å². The molecule has 0 unspecified atom stereocenters. The first-order valence-corrected chi connectivity index (χ1v) is 8.39. The van der Waals surface area contributed by atoms with Crippen LogP contribution in [0.25, 0.3) is 0 Å². The number of ether oxygens (including phenoxy) is 1. The minimum atomic E-state index is -0.111. The summed E-state index contributed by atoms with van der Waals surface area (Å²) in [4.78, 5) is 12.4. The lowest BCUT2D eigenvalue weighted by molar-refractivity contribution is 0.0945. The maximum Gasteiger partial charge on any atom is 0.255 e. The third kappa shape index (κ3) is 6.40. The maximum absolute atomic E-state index is 12.4. The van der Waals surface area contributed by atoms with Crippen LogP contribution in [0, 0.1) is 6.92 Å². The molecule has 0 aliphatic rings. The highest BCUT2D eigenvalue weighted by atomic mass is 35.5. The van der Waals surface area contributed by atoms with Gasteiger partial charge in [0.1, 0.15) is 12.4 Å². The van der Waals surface area contributed by atoms with Gasteiger partial charge >= 0.3 is 0 Å². The fourth-order valence-electron chi connectivity index (χ4n) is 2.47. The summed E-state index contributed by atoms with van der Waals surface area (Å²) in [5, 5.41) is 6.23. The van der Waals surface area contributed by atoms with Crippen molar-refractivity contribution in [3.63, 3.8) is 0 Å². The molecule has 0 aliphatic carbocycles. The number of hydrogen-bond donors (Lipinski definition) is 2. The molecule has 2 N–H and O–H groups in total. The Hall–Kier alpha value is -2.04. The second kappa shape index (κ2) is 10.7. The van der Waals surface area contributed by atoms with Crippen molar-refractivity contribution < 1.29 is 9.53 Å². The first-order chi connectivity index (χ1) is 11.6. The lowest BCUT2D eigenvalue weighted by Crippen LogP contribution is -2.38. The molecule has 0 aliphatic heterocycles. The normalized spacial score (nSPS) is 11.3. The Bertz CT molecular complexity index is 676. The summed E-state index contributed by atoms with van der Waals surface area (Å²) < 4.78 is 5.90. The molecule has 2 aromatic rings. The topological polar surface area (TPSA) is 50.4 Å². The first kappa shape index (κ1) is 21.0. The molecular weight excluding hydrogens is 336 g/mol. The summed E-state index contributed by atoms with van der Waals surface area (Å²) in [6.07, 6.45) is 0. The van der Waals surface area contributed by atoms with Gasteiger partial charge in [-0.25, -0.2) is 0 Å². The minimum Gasteiger partial charge on any atom is -0.488 e. The zero-order valence-corrected chi connectivity index (χ0v) is 15.9. The average molecular weight is 363 g/mol. The van der Waals surface area contributed by atoms with Gasteiger partial charge < -0.3 is 15.4 Å². The monoisotopic (exact) mass is 362 g/mol. The number of likely N-dealkylation sites (N-methyl/N-ethyl adjacent to an activating group) is 1. The van der Waals surface area contributed by atoms with E-state index >= 15 is 0 Å². The van der Waals surface area contributed by atoms with Crippen LogP contribution in [0.15, 0.2) is 48.5 Å². The van der Waals surface area contributed by atoms with E-state index in [0.29, 0.717) is 24.5 Å². The molecule has 0 spiro atoms. The molecule has 4 nitrogen and oxygen atoms in total. The molecule has 25 heavy (non-hydrogen) atoms. The van der Waals surface area contributed by atoms with Gasteiger partial charge in [0.05, 0.1) is 5.56 Å². The Balaban J connectivity index is 0.00000312. The van der Waals surface area contributed by atoms with Crippen LogP contribution in [-0.2, 0) is 6.61 Å². The SMILES string of the molecule is CCN[C@H](C)CNC(=O)c1ccccc1OCc1ccccc1C.Cl. The van der Waals surface area contributed by atoms with Gasteiger partial charge in [-0.15, -0.1) is 12.4 Å². The largest absolute Gasteiger partial charge is 0.488 e. The Morgan fingerprint density at radius 3 is 2.52 bits per heavy atom. The third-order valence-electron chi connectivity index (χ3n) is 3.90. The molecule has 136 valence electrons. The van der Waals surface area contributed by atoms with Crippen LogP contribution in [0.5, 0.6) is 5.75 Å². The van der Waals surface area contributed by atoms with Crippen LogP contribution >= 0.6 is 12.4 Å². The molecule has 0 radical (unpaired) electrons. The highest BCUT2D eigenvalue weighted by molar-refractivity contribution is 5.96. The average Bonchev–Trinajstić information content (AvgIpc) is 2.59. The van der Waals surface area contributed by atoms with Crippen molar-refractivity contribution >= 4 is 18.3 Å². The fraction of sp³-hybridized carbons (Fsp3) is 0.350. The lowest BCUT2D eigenvalue weighted by atomic mass is 10.1. The number of para-hydroxylation sites is 1. The van der Waals surface area contributed by atoms with Crippen molar-refractivity contribution in [3.8, 4) is 5.75 Å². The van der Waals surface area contributed by atoms with Crippen molar-refractivity contribution in [3.05, 3.63) is 65.2 Å². The standard InChI is InChI=1S/C20H26N2O2.ClH/c1-4-21-16(3)13-22-20(23)18-11-7-8-12-19(18)24-14-17-10-6-5-9-15(17)2;/h5-12,16,21H,4,13-14H2,1-3H3,(H,22,23);1H/t16-;/m1./s1. The van der Waals surface area contributed by atoms with Gasteiger partial charge in [0.25, 0.3) is 5.91 Å². The van der Waals surface area contributed by atoms with E-state index in [-0.39, 0.29) is 24.4 Å². The van der Waals surface area contributed by atoms with Gasteiger partial charge in [0, 0.05) is 12.6 Å². The zero-order chi connectivity index (χ0) is 17.4. The van der Waals surface area contributed by atoms with Crippen molar-refractivity contribution in [2.75, 3.05) is 13.1 Å². The van der Waals surface area contributed by atoms with Gasteiger partial charge in [0.15, 0.2) is 0 Å². The van der Waals surface area contributed by atoms with Crippen LogP contribution < -0.4 is 15.4 Å². The van der Waals surface area contributed by atoms with Gasteiger partial charge in [-0.2, -0.15) is 0 Å². The van der Waals surface area contributed by atoms with Crippen LogP contribution in [0.4, 0.5) is 0 Å². The van der Waals surface area contributed by atoms with Gasteiger partial charge in [-0.1, -0.05) is 43.3 Å². The number of aryl methyl sites for hydroxylation is 1. The molecule has 2 aromatic carbocycles. The molecule has 0 bridgehead atoms. The smallest absolute Gasteiger partial charge is 0.255 e. The van der Waals surface area contributed by atoms with Crippen LogP contribution in [0.2, 0.25) is 0 Å². The predicted octanol–water partition coefficient (Wildman–Crippen LogP) is 3.72. The van der Waals surface area contributed by atoms with Crippen molar-refractivity contribution in [1.29, 1.82) is 0 Å². The lowest BCUT2D eigenvalue weighted by Gasteiger charge is -2.15. The molecule has 0 saturated heterocycles. The second-order valence-electron chi connectivity index (χ2n) is 5.88. The summed E-state index contributed by atoms with van der Waals surface area (Å²) >= 11 is 0. The van der Waals surface area contributed by atoms with Crippen LogP contribution in [-0.4, -0.2) is 25.0 Å². The number of halogens is 1. The van der Waals surface area contributed by atoms with E-state index in [9.17, 15) is 4.79 Å². The maximum atomic E-state index is 12.4. The number of hydrogen-bond acceptors (Lipinski definition) is 3. The first-order valence-electron chi connectivity index (χ1n) is 8.39. The minimum absolute atomic E-state index is 0. The van der Waals surface area contributed by atoms with E-state index in [1.54, 1.807) is 6.07 Å². The van der Waals surface area contributed by atoms with E-state index in [2.05, 4.69) is 23.6 Å². The van der Waals surface area contributed by atoms with E-state index in [0.717, 1.165) is 12.1 Å². The number of nitrogens with one attached hydrogen (secondary N) is 2. The highest BCUT2D eigenvalue weighted by Crippen LogP contribution is 2.20. The van der Waals surface area contributed by atoms with E-state index in [4.69, 9.17) is 4.74 Å². The van der Waals surface area contributed by atoms with E-state index in [1.165, 1.54) is 5.56 Å². The van der Waals surface area contributed by atoms with E-state index < -0.39 is 0 Å². The molecule has 5 heteroatoms. The molecule has 1 amide bonds. The predicted molar refractivity (Wildman–Crippen MR) is 105 cm³/mol. The Morgan fingerprint density at radius 1 is 1.12 bits per heavy atom. The molecule has 0 fully saturated rings. The number of benzene rings is 2. The van der Waals surface area contributed by atoms with E-state index in [1.807, 2.05) is 50.2 Å². The zero-order valence-electron chi connectivity index (χ0n) is 15.0. The Labute approximate surface area is 156 Å². The fourth-order valence-corrected chi connectivity index (χ4v) is 2.47. The molecule has 0 saturated carbocycles. The number of rotatable bonds is 8. The van der Waals surface area contributed by atoms with Crippen LogP contribution in [0.1, 0.15) is 35.3 Å². The van der Waals surface area contributed by atoms with Gasteiger partial charge in [0.2, 0.25) is 0 Å². The van der Waals surface area contributed by atoms with Gasteiger partial charge in [-0.3, -0.25) is 4.79 Å². The van der Waals surface area contributed by atoms with Gasteiger partial charge in [-0.05, 0) is 43.7 Å². The molecule has 1 atom stereocenters. The summed E-state index contributed by atoms with van der Waals surface area (Å²) in [6.45, 7) is 8.06. The molecule has 2 rings (SSSR count). The summed E-state index contributed by atoms with van der Waals surface area (Å²) in [6, 6.07) is 15.7. The molecule has 0 aromatic heterocycles.